The SMILES string of the molecule is Cl.NC1C(=O)N(CC(F)(F)F)c2ccccc21. The molecule has 0 saturated heterocycles. The third-order valence-electron chi connectivity index (χ3n) is 2.43. The van der Waals surface area contributed by atoms with Crippen LogP contribution in [0.2, 0.25) is 0 Å². The Morgan fingerprint density at radius 1 is 1.29 bits per heavy atom. The summed E-state index contributed by atoms with van der Waals surface area (Å²) in [7, 11) is 0. The number of nitrogens with zero attached hydrogens (tertiary/aromatic N) is 1. The lowest BCUT2D eigenvalue weighted by Crippen LogP contribution is -2.38. The Bertz CT molecular complexity index is 436. The summed E-state index contributed by atoms with van der Waals surface area (Å²) < 4.78 is 36.8. The van der Waals surface area contributed by atoms with Gasteiger partial charge in [-0.15, -0.1) is 12.4 Å². The van der Waals surface area contributed by atoms with Crippen molar-refractivity contribution in [3.05, 3.63) is 29.8 Å². The third kappa shape index (κ3) is 2.53. The first-order valence-corrected chi connectivity index (χ1v) is 4.63. The van der Waals surface area contributed by atoms with Crippen molar-refractivity contribution in [2.45, 2.75) is 12.2 Å². The highest BCUT2D eigenvalue weighted by atomic mass is 35.5. The van der Waals surface area contributed by atoms with Crippen LogP contribution in [0.15, 0.2) is 24.3 Å². The van der Waals surface area contributed by atoms with Crippen LogP contribution in [0.4, 0.5) is 18.9 Å². The Morgan fingerprint density at radius 2 is 1.88 bits per heavy atom. The molecule has 0 bridgehead atoms. The van der Waals surface area contributed by atoms with E-state index in [1.54, 1.807) is 18.2 Å². The van der Waals surface area contributed by atoms with Gasteiger partial charge in [-0.1, -0.05) is 18.2 Å². The molecule has 0 radical (unpaired) electrons. The molecule has 7 heteroatoms. The number of nitrogens with two attached hydrogens (primary N) is 1. The summed E-state index contributed by atoms with van der Waals surface area (Å²) in [6.45, 7) is -1.30. The van der Waals surface area contributed by atoms with E-state index in [9.17, 15) is 18.0 Å². The Hall–Kier alpha value is -1.27. The zero-order valence-electron chi connectivity index (χ0n) is 8.57. The van der Waals surface area contributed by atoms with Gasteiger partial charge in [-0.25, -0.2) is 0 Å². The molecule has 0 saturated carbocycles. The van der Waals surface area contributed by atoms with Crippen LogP contribution in [0.25, 0.3) is 0 Å². The summed E-state index contributed by atoms with van der Waals surface area (Å²) in [5, 5.41) is 0. The Morgan fingerprint density at radius 3 is 2.47 bits per heavy atom. The molecule has 0 spiro atoms. The van der Waals surface area contributed by atoms with Gasteiger partial charge in [0.05, 0.1) is 0 Å². The number of benzene rings is 1. The molecular weight excluding hydrogens is 257 g/mol. The normalized spacial score (nSPS) is 18.9. The molecule has 0 aromatic heterocycles. The highest BCUT2D eigenvalue weighted by Gasteiger charge is 2.41. The molecule has 1 aromatic carbocycles. The monoisotopic (exact) mass is 266 g/mol. The Kier molecular flexibility index (Phi) is 3.68. The number of hydrogen-bond acceptors (Lipinski definition) is 2. The van der Waals surface area contributed by atoms with Crippen LogP contribution in [0, 0.1) is 0 Å². The lowest BCUT2D eigenvalue weighted by atomic mass is 10.1. The average Bonchev–Trinajstić information content (AvgIpc) is 2.43. The number of alkyl halides is 3. The van der Waals surface area contributed by atoms with Crippen LogP contribution in [0.3, 0.4) is 0 Å². The number of rotatable bonds is 1. The molecule has 1 atom stereocenters. The van der Waals surface area contributed by atoms with Crippen LogP contribution >= 0.6 is 12.4 Å². The van der Waals surface area contributed by atoms with E-state index in [0.717, 1.165) is 0 Å². The van der Waals surface area contributed by atoms with E-state index in [-0.39, 0.29) is 18.1 Å². The predicted molar refractivity (Wildman–Crippen MR) is 59.0 cm³/mol. The quantitative estimate of drug-likeness (QED) is 0.845. The van der Waals surface area contributed by atoms with Gasteiger partial charge in [-0.2, -0.15) is 13.2 Å². The van der Waals surface area contributed by atoms with E-state index < -0.39 is 24.7 Å². The molecule has 2 rings (SSSR count). The lowest BCUT2D eigenvalue weighted by Gasteiger charge is -2.19. The zero-order valence-corrected chi connectivity index (χ0v) is 9.39. The van der Waals surface area contributed by atoms with Gasteiger partial charge < -0.3 is 10.6 Å². The molecule has 1 unspecified atom stereocenters. The van der Waals surface area contributed by atoms with Crippen molar-refractivity contribution < 1.29 is 18.0 Å². The van der Waals surface area contributed by atoms with Crippen LogP contribution < -0.4 is 10.6 Å². The minimum Gasteiger partial charge on any atom is -0.316 e. The maximum atomic E-state index is 12.3. The van der Waals surface area contributed by atoms with Gasteiger partial charge in [0.2, 0.25) is 5.91 Å². The van der Waals surface area contributed by atoms with E-state index in [0.29, 0.717) is 10.5 Å². The smallest absolute Gasteiger partial charge is 0.316 e. The largest absolute Gasteiger partial charge is 0.406 e. The molecule has 1 aliphatic rings. The fourth-order valence-electron chi connectivity index (χ4n) is 1.76. The van der Waals surface area contributed by atoms with Crippen molar-refractivity contribution in [2.24, 2.45) is 5.73 Å². The van der Waals surface area contributed by atoms with E-state index in [1.807, 2.05) is 0 Å². The van der Waals surface area contributed by atoms with Gasteiger partial charge in [0.15, 0.2) is 0 Å². The molecule has 3 nitrogen and oxygen atoms in total. The number of carbonyl (C=O) groups is 1. The van der Waals surface area contributed by atoms with Crippen LogP contribution in [-0.4, -0.2) is 18.6 Å². The molecule has 0 fully saturated rings. The number of hydrogen-bond donors (Lipinski definition) is 1. The number of amides is 1. The minimum absolute atomic E-state index is 0. The summed E-state index contributed by atoms with van der Waals surface area (Å²) in [5.74, 6) is -0.710. The standard InChI is InChI=1S/C10H9F3N2O.ClH/c11-10(12,13)5-15-7-4-2-1-3-6(7)8(14)9(15)16;/h1-4,8H,5,14H2;1H. The van der Waals surface area contributed by atoms with Crippen molar-refractivity contribution in [3.8, 4) is 0 Å². The lowest BCUT2D eigenvalue weighted by molar-refractivity contribution is -0.132. The fourth-order valence-corrected chi connectivity index (χ4v) is 1.76. The second-order valence-electron chi connectivity index (χ2n) is 3.58. The first-order valence-electron chi connectivity index (χ1n) is 4.63. The molecule has 1 heterocycles. The number of para-hydroxylation sites is 1. The number of carbonyl (C=O) groups excluding carboxylic acids is 1. The van der Waals surface area contributed by atoms with Crippen LogP contribution in [0.5, 0.6) is 0 Å². The Balaban J connectivity index is 0.00000144. The maximum Gasteiger partial charge on any atom is 0.406 e. The van der Waals surface area contributed by atoms with Crippen molar-refractivity contribution in [2.75, 3.05) is 11.4 Å². The molecule has 1 amide bonds. The highest BCUT2D eigenvalue weighted by molar-refractivity contribution is 6.04. The Labute approximate surface area is 102 Å². The second kappa shape index (κ2) is 4.54. The minimum atomic E-state index is -4.42. The summed E-state index contributed by atoms with van der Waals surface area (Å²) >= 11 is 0. The first-order chi connectivity index (χ1) is 7.40. The summed E-state index contributed by atoms with van der Waals surface area (Å²) in [6, 6.07) is 5.26. The van der Waals surface area contributed by atoms with Gasteiger partial charge >= 0.3 is 6.18 Å². The van der Waals surface area contributed by atoms with Gasteiger partial charge in [-0.3, -0.25) is 4.79 Å². The van der Waals surface area contributed by atoms with Crippen LogP contribution in [0.1, 0.15) is 11.6 Å². The third-order valence-corrected chi connectivity index (χ3v) is 2.43. The van der Waals surface area contributed by atoms with Gasteiger partial charge in [-0.05, 0) is 6.07 Å². The molecule has 17 heavy (non-hydrogen) atoms. The second-order valence-corrected chi connectivity index (χ2v) is 3.58. The number of halogens is 4. The van der Waals surface area contributed by atoms with Crippen molar-refractivity contribution in [1.29, 1.82) is 0 Å². The van der Waals surface area contributed by atoms with Gasteiger partial charge in [0, 0.05) is 11.3 Å². The van der Waals surface area contributed by atoms with E-state index in [2.05, 4.69) is 0 Å². The maximum absolute atomic E-state index is 12.3. The topological polar surface area (TPSA) is 46.3 Å². The van der Waals surface area contributed by atoms with Gasteiger partial charge in [0.25, 0.3) is 0 Å². The summed E-state index contributed by atoms with van der Waals surface area (Å²) in [5.41, 5.74) is 6.23. The van der Waals surface area contributed by atoms with Crippen molar-refractivity contribution >= 4 is 24.0 Å². The zero-order chi connectivity index (χ0) is 11.9. The molecule has 1 aliphatic heterocycles. The number of anilines is 1. The molecular formula is C10H10ClF3N2O. The molecule has 2 N–H and O–H groups in total. The molecule has 94 valence electrons. The van der Waals surface area contributed by atoms with Gasteiger partial charge in [0.1, 0.15) is 12.6 Å². The summed E-state index contributed by atoms with van der Waals surface area (Å²) in [4.78, 5) is 12.2. The number of fused-ring (bicyclic) bond motifs is 1. The molecule has 1 aromatic rings. The highest BCUT2D eigenvalue weighted by Crippen LogP contribution is 2.35. The van der Waals surface area contributed by atoms with E-state index in [4.69, 9.17) is 5.73 Å². The van der Waals surface area contributed by atoms with E-state index in [1.165, 1.54) is 6.07 Å². The van der Waals surface area contributed by atoms with Crippen molar-refractivity contribution in [1.82, 2.24) is 0 Å². The summed E-state index contributed by atoms with van der Waals surface area (Å²) in [6.07, 6.45) is -4.42. The molecule has 0 aliphatic carbocycles. The average molecular weight is 267 g/mol. The predicted octanol–water partition coefficient (Wildman–Crippen LogP) is 2.02. The fraction of sp³-hybridized carbons (Fsp3) is 0.300. The first kappa shape index (κ1) is 13.8. The van der Waals surface area contributed by atoms with Crippen LogP contribution in [-0.2, 0) is 4.79 Å². The van der Waals surface area contributed by atoms with E-state index >= 15 is 0 Å². The van der Waals surface area contributed by atoms with Crippen molar-refractivity contribution in [3.63, 3.8) is 0 Å².